The van der Waals surface area contributed by atoms with Gasteiger partial charge in [0.1, 0.15) is 0 Å². The van der Waals surface area contributed by atoms with E-state index in [0.29, 0.717) is 12.1 Å². The molecule has 3 unspecified atom stereocenters. The molecule has 0 radical (unpaired) electrons. The molecular formula is C16H31NO2. The minimum atomic E-state index is -0.407. The molecule has 1 saturated carbocycles. The van der Waals surface area contributed by atoms with E-state index >= 15 is 0 Å². The molecule has 2 fully saturated rings. The monoisotopic (exact) mass is 269 g/mol. The van der Waals surface area contributed by atoms with Gasteiger partial charge in [-0.1, -0.05) is 27.2 Å². The highest BCUT2D eigenvalue weighted by Gasteiger charge is 2.34. The number of hydrogen-bond donors (Lipinski definition) is 1. The van der Waals surface area contributed by atoms with Crippen molar-refractivity contribution in [2.75, 3.05) is 13.2 Å². The van der Waals surface area contributed by atoms with Crippen LogP contribution in [-0.4, -0.2) is 31.1 Å². The minimum Gasteiger partial charge on any atom is -0.349 e. The molecule has 1 saturated heterocycles. The smallest absolute Gasteiger partial charge is 0.162 e. The molecule has 2 rings (SSSR count). The second kappa shape index (κ2) is 6.11. The standard InChI is InChI=1S/C16H31NO2/c1-11(2)14-7-6-12(3)8-15(14)17-13-9-18-16(4,5)19-10-13/h11-15,17H,6-10H2,1-5H3. The Morgan fingerprint density at radius 2 is 1.74 bits per heavy atom. The van der Waals surface area contributed by atoms with Crippen LogP contribution >= 0.6 is 0 Å². The van der Waals surface area contributed by atoms with E-state index in [1.54, 1.807) is 0 Å². The molecule has 1 aliphatic heterocycles. The Kier molecular flexibility index (Phi) is 4.91. The van der Waals surface area contributed by atoms with Gasteiger partial charge in [0.05, 0.1) is 19.3 Å². The third-order valence-corrected chi connectivity index (χ3v) is 4.74. The summed E-state index contributed by atoms with van der Waals surface area (Å²) >= 11 is 0. The summed E-state index contributed by atoms with van der Waals surface area (Å²) in [6.45, 7) is 12.6. The summed E-state index contributed by atoms with van der Waals surface area (Å²) < 4.78 is 11.5. The first-order valence-electron chi connectivity index (χ1n) is 7.91. The molecule has 0 amide bonds. The van der Waals surface area contributed by atoms with Crippen LogP contribution in [0.1, 0.15) is 53.9 Å². The summed E-state index contributed by atoms with van der Waals surface area (Å²) in [5, 5.41) is 3.81. The van der Waals surface area contributed by atoms with Crippen LogP contribution < -0.4 is 5.32 Å². The van der Waals surface area contributed by atoms with Crippen molar-refractivity contribution in [1.82, 2.24) is 5.32 Å². The topological polar surface area (TPSA) is 30.5 Å². The lowest BCUT2D eigenvalue weighted by Gasteiger charge is -2.42. The number of ether oxygens (including phenoxy) is 2. The molecule has 3 nitrogen and oxygen atoms in total. The second-order valence-electron chi connectivity index (χ2n) is 7.32. The maximum absolute atomic E-state index is 5.76. The Hall–Kier alpha value is -0.120. The zero-order valence-corrected chi connectivity index (χ0v) is 13.2. The van der Waals surface area contributed by atoms with Gasteiger partial charge in [-0.2, -0.15) is 0 Å². The van der Waals surface area contributed by atoms with Crippen molar-refractivity contribution in [2.24, 2.45) is 17.8 Å². The number of hydrogen-bond acceptors (Lipinski definition) is 3. The molecule has 0 bridgehead atoms. The van der Waals surface area contributed by atoms with Crippen LogP contribution in [0.4, 0.5) is 0 Å². The van der Waals surface area contributed by atoms with Crippen LogP contribution in [0.3, 0.4) is 0 Å². The Morgan fingerprint density at radius 1 is 1.11 bits per heavy atom. The predicted octanol–water partition coefficient (Wildman–Crippen LogP) is 3.19. The third-order valence-electron chi connectivity index (χ3n) is 4.74. The van der Waals surface area contributed by atoms with Gasteiger partial charge in [-0.15, -0.1) is 0 Å². The van der Waals surface area contributed by atoms with Crippen molar-refractivity contribution < 1.29 is 9.47 Å². The molecular weight excluding hydrogens is 238 g/mol. The zero-order chi connectivity index (χ0) is 14.0. The van der Waals surface area contributed by atoms with Crippen LogP contribution in [0.2, 0.25) is 0 Å². The van der Waals surface area contributed by atoms with E-state index in [0.717, 1.165) is 31.0 Å². The van der Waals surface area contributed by atoms with E-state index in [1.807, 2.05) is 13.8 Å². The van der Waals surface area contributed by atoms with Crippen LogP contribution in [0.15, 0.2) is 0 Å². The summed E-state index contributed by atoms with van der Waals surface area (Å²) in [5.41, 5.74) is 0. The molecule has 3 heteroatoms. The predicted molar refractivity (Wildman–Crippen MR) is 78.0 cm³/mol. The van der Waals surface area contributed by atoms with Gasteiger partial charge in [0, 0.05) is 6.04 Å². The average Bonchev–Trinajstić information content (AvgIpc) is 2.31. The summed E-state index contributed by atoms with van der Waals surface area (Å²) in [4.78, 5) is 0. The fourth-order valence-corrected chi connectivity index (χ4v) is 3.49. The first kappa shape index (κ1) is 15.3. The van der Waals surface area contributed by atoms with E-state index in [4.69, 9.17) is 9.47 Å². The van der Waals surface area contributed by atoms with Crippen molar-refractivity contribution in [2.45, 2.75) is 71.8 Å². The van der Waals surface area contributed by atoms with Gasteiger partial charge in [0.25, 0.3) is 0 Å². The minimum absolute atomic E-state index is 0.351. The number of rotatable bonds is 3. The van der Waals surface area contributed by atoms with E-state index in [1.165, 1.54) is 19.3 Å². The fourth-order valence-electron chi connectivity index (χ4n) is 3.49. The van der Waals surface area contributed by atoms with E-state index in [2.05, 4.69) is 26.1 Å². The Labute approximate surface area is 118 Å². The largest absolute Gasteiger partial charge is 0.349 e. The Bertz CT molecular complexity index is 280. The highest BCUT2D eigenvalue weighted by molar-refractivity contribution is 4.88. The molecule has 19 heavy (non-hydrogen) atoms. The maximum Gasteiger partial charge on any atom is 0.162 e. The molecule has 1 N–H and O–H groups in total. The molecule has 0 spiro atoms. The van der Waals surface area contributed by atoms with E-state index in [9.17, 15) is 0 Å². The lowest BCUT2D eigenvalue weighted by Crippen LogP contribution is -2.54. The van der Waals surface area contributed by atoms with Crippen molar-refractivity contribution in [1.29, 1.82) is 0 Å². The fraction of sp³-hybridized carbons (Fsp3) is 1.00. The normalized spacial score (nSPS) is 36.6. The van der Waals surface area contributed by atoms with Crippen molar-refractivity contribution in [3.8, 4) is 0 Å². The molecule has 3 atom stereocenters. The Morgan fingerprint density at radius 3 is 2.32 bits per heavy atom. The van der Waals surface area contributed by atoms with Crippen molar-refractivity contribution in [3.63, 3.8) is 0 Å². The molecule has 0 aromatic rings. The third kappa shape index (κ3) is 4.17. The highest BCUT2D eigenvalue weighted by atomic mass is 16.7. The van der Waals surface area contributed by atoms with Crippen LogP contribution in [0.25, 0.3) is 0 Å². The van der Waals surface area contributed by atoms with Gasteiger partial charge in [-0.25, -0.2) is 0 Å². The molecule has 112 valence electrons. The summed E-state index contributed by atoms with van der Waals surface area (Å²) in [7, 11) is 0. The number of nitrogens with one attached hydrogen (secondary N) is 1. The summed E-state index contributed by atoms with van der Waals surface area (Å²) in [6.07, 6.45) is 4.03. The first-order chi connectivity index (χ1) is 8.87. The maximum atomic E-state index is 5.76. The SMILES string of the molecule is CC1CCC(C(C)C)C(NC2COC(C)(C)OC2)C1. The quantitative estimate of drug-likeness (QED) is 0.853. The van der Waals surface area contributed by atoms with Crippen molar-refractivity contribution in [3.05, 3.63) is 0 Å². The first-order valence-corrected chi connectivity index (χ1v) is 7.91. The zero-order valence-electron chi connectivity index (χ0n) is 13.2. The Balaban J connectivity index is 1.89. The van der Waals surface area contributed by atoms with Gasteiger partial charge >= 0.3 is 0 Å². The van der Waals surface area contributed by atoms with Crippen LogP contribution in [0.5, 0.6) is 0 Å². The van der Waals surface area contributed by atoms with Gasteiger partial charge in [0.15, 0.2) is 5.79 Å². The molecule has 1 aliphatic carbocycles. The lowest BCUT2D eigenvalue weighted by atomic mass is 9.74. The summed E-state index contributed by atoms with van der Waals surface area (Å²) in [5.74, 6) is 1.99. The van der Waals surface area contributed by atoms with Crippen molar-refractivity contribution >= 4 is 0 Å². The van der Waals surface area contributed by atoms with Crippen LogP contribution in [-0.2, 0) is 9.47 Å². The van der Waals surface area contributed by atoms with Gasteiger partial charge in [-0.05, 0) is 44.4 Å². The highest BCUT2D eigenvalue weighted by Crippen LogP contribution is 2.34. The van der Waals surface area contributed by atoms with Gasteiger partial charge < -0.3 is 14.8 Å². The van der Waals surface area contributed by atoms with Gasteiger partial charge in [-0.3, -0.25) is 0 Å². The molecule has 0 aromatic carbocycles. The van der Waals surface area contributed by atoms with E-state index in [-0.39, 0.29) is 0 Å². The van der Waals surface area contributed by atoms with Crippen LogP contribution in [0, 0.1) is 17.8 Å². The molecule has 1 heterocycles. The lowest BCUT2D eigenvalue weighted by molar-refractivity contribution is -0.254. The molecule has 0 aromatic heterocycles. The second-order valence-corrected chi connectivity index (χ2v) is 7.32. The average molecular weight is 269 g/mol. The van der Waals surface area contributed by atoms with Gasteiger partial charge in [0.2, 0.25) is 0 Å². The summed E-state index contributed by atoms with van der Waals surface area (Å²) in [6, 6.07) is 0.978. The molecule has 2 aliphatic rings. The van der Waals surface area contributed by atoms with E-state index < -0.39 is 5.79 Å².